The van der Waals surface area contributed by atoms with Crippen LogP contribution in [-0.4, -0.2) is 93.1 Å². The quantitative estimate of drug-likeness (QED) is 0.132. The van der Waals surface area contributed by atoms with Gasteiger partial charge in [0.15, 0.2) is 0 Å². The SMILES string of the molecule is COC(=O)N[C@H](C(=O)N1C[C@@H]2CC[C@@]1(c1ncc(-c3ccc(-c4ccc(-c5cnc([C@@]67CC[C@@H](CN6C(=O)[C@@H](NC(=O)OC)C(C)C)C7)[nH]5)cc4)cc3)[nH]1)C2)C(C)C. The largest absolute Gasteiger partial charge is 0.453 e. The van der Waals surface area contributed by atoms with E-state index >= 15 is 0 Å². The molecule has 8 rings (SSSR count). The van der Waals surface area contributed by atoms with Gasteiger partial charge < -0.3 is 39.9 Å². The molecule has 4 fully saturated rings. The Labute approximate surface area is 338 Å². The molecule has 4 aliphatic rings. The van der Waals surface area contributed by atoms with E-state index in [1.54, 1.807) is 0 Å². The lowest BCUT2D eigenvalue weighted by Gasteiger charge is -2.40. The van der Waals surface area contributed by atoms with Gasteiger partial charge in [0.25, 0.3) is 0 Å². The first-order chi connectivity index (χ1) is 27.8. The van der Waals surface area contributed by atoms with E-state index < -0.39 is 35.3 Å². The monoisotopic (exact) mass is 790 g/mol. The highest BCUT2D eigenvalue weighted by molar-refractivity contribution is 5.88. The molecule has 14 heteroatoms. The molecule has 306 valence electrons. The molecule has 4 N–H and O–H groups in total. The molecule has 4 aromatic rings. The van der Waals surface area contributed by atoms with Crippen LogP contribution in [0, 0.1) is 23.7 Å². The van der Waals surface area contributed by atoms with Gasteiger partial charge in [-0.25, -0.2) is 19.6 Å². The molecule has 2 aliphatic carbocycles. The van der Waals surface area contributed by atoms with Crippen LogP contribution >= 0.6 is 0 Å². The van der Waals surface area contributed by atoms with Crippen LogP contribution in [0.5, 0.6) is 0 Å². The third-order valence-corrected chi connectivity index (χ3v) is 13.2. The van der Waals surface area contributed by atoms with E-state index in [1.807, 2.05) is 49.9 Å². The van der Waals surface area contributed by atoms with E-state index in [0.29, 0.717) is 24.9 Å². The van der Waals surface area contributed by atoms with Gasteiger partial charge in [0.2, 0.25) is 11.8 Å². The van der Waals surface area contributed by atoms with Crippen molar-refractivity contribution in [3.63, 3.8) is 0 Å². The Morgan fingerprint density at radius 3 is 1.33 bits per heavy atom. The first-order valence-electron chi connectivity index (χ1n) is 20.5. The fraction of sp³-hybridized carbons (Fsp3) is 0.500. The van der Waals surface area contributed by atoms with Crippen LogP contribution in [0.4, 0.5) is 9.59 Å². The smallest absolute Gasteiger partial charge is 0.407 e. The molecule has 4 heterocycles. The second-order valence-corrected chi connectivity index (χ2v) is 17.3. The maximum absolute atomic E-state index is 13.9. The molecular formula is C44H54N8O6. The highest BCUT2D eigenvalue weighted by Crippen LogP contribution is 2.54. The maximum atomic E-state index is 13.9. The van der Waals surface area contributed by atoms with E-state index in [1.165, 1.54) is 14.2 Å². The summed E-state index contributed by atoms with van der Waals surface area (Å²) in [6.07, 6.45) is 7.87. The Kier molecular flexibility index (Phi) is 10.3. The zero-order chi connectivity index (χ0) is 40.9. The summed E-state index contributed by atoms with van der Waals surface area (Å²) in [5.74, 6) is 1.95. The van der Waals surface area contributed by atoms with Crippen LogP contribution in [0.15, 0.2) is 60.9 Å². The van der Waals surface area contributed by atoms with Crippen molar-refractivity contribution in [2.75, 3.05) is 27.3 Å². The number of hydrogen-bond donors (Lipinski definition) is 4. The summed E-state index contributed by atoms with van der Waals surface area (Å²) in [4.78, 5) is 72.8. The van der Waals surface area contributed by atoms with Crippen molar-refractivity contribution in [3.8, 4) is 33.6 Å². The van der Waals surface area contributed by atoms with Gasteiger partial charge in [-0.3, -0.25) is 9.59 Å². The lowest BCUT2D eigenvalue weighted by Crippen LogP contribution is -2.56. The summed E-state index contributed by atoms with van der Waals surface area (Å²) in [5.41, 5.74) is 4.82. The summed E-state index contributed by atoms with van der Waals surface area (Å²) in [5, 5.41) is 5.51. The molecule has 2 aliphatic heterocycles. The number of benzene rings is 2. The molecule has 2 saturated carbocycles. The van der Waals surface area contributed by atoms with Crippen molar-refractivity contribution >= 4 is 24.0 Å². The fourth-order valence-corrected chi connectivity index (χ4v) is 10.0. The number of aromatic amines is 2. The van der Waals surface area contributed by atoms with Crippen molar-refractivity contribution < 1.29 is 28.7 Å². The van der Waals surface area contributed by atoms with E-state index in [-0.39, 0.29) is 23.7 Å². The molecule has 4 bridgehead atoms. The zero-order valence-electron chi connectivity index (χ0n) is 34.1. The van der Waals surface area contributed by atoms with Gasteiger partial charge in [0.05, 0.1) is 38.0 Å². The lowest BCUT2D eigenvalue weighted by molar-refractivity contribution is -0.141. The summed E-state index contributed by atoms with van der Waals surface area (Å²) in [6, 6.07) is 15.3. The highest BCUT2D eigenvalue weighted by atomic mass is 16.5. The van der Waals surface area contributed by atoms with Gasteiger partial charge in [-0.2, -0.15) is 0 Å². The number of nitrogens with one attached hydrogen (secondary N) is 4. The first-order valence-corrected chi connectivity index (χ1v) is 20.5. The highest BCUT2D eigenvalue weighted by Gasteiger charge is 2.57. The molecular weight excluding hydrogens is 737 g/mol. The third kappa shape index (κ3) is 6.79. The molecule has 2 aromatic carbocycles. The molecule has 0 spiro atoms. The summed E-state index contributed by atoms with van der Waals surface area (Å²) < 4.78 is 9.64. The minimum absolute atomic E-state index is 0.103. The summed E-state index contributed by atoms with van der Waals surface area (Å²) in [7, 11) is 2.61. The molecule has 14 nitrogen and oxygen atoms in total. The number of likely N-dealkylation sites (tertiary alicyclic amines) is 2. The number of carbonyl (C=O) groups is 4. The van der Waals surface area contributed by atoms with Gasteiger partial charge in [-0.1, -0.05) is 76.2 Å². The van der Waals surface area contributed by atoms with Crippen LogP contribution in [0.25, 0.3) is 33.6 Å². The van der Waals surface area contributed by atoms with Gasteiger partial charge in [-0.15, -0.1) is 0 Å². The van der Waals surface area contributed by atoms with Gasteiger partial charge in [0, 0.05) is 13.1 Å². The number of amides is 4. The number of rotatable bonds is 11. The third-order valence-electron chi connectivity index (χ3n) is 13.2. The number of aromatic nitrogens is 4. The van der Waals surface area contributed by atoms with Crippen molar-refractivity contribution in [2.24, 2.45) is 23.7 Å². The van der Waals surface area contributed by atoms with Gasteiger partial charge >= 0.3 is 12.2 Å². The lowest BCUT2D eigenvalue weighted by atomic mass is 9.93. The number of nitrogens with zero attached hydrogens (tertiary/aromatic N) is 4. The van der Waals surface area contributed by atoms with E-state index in [0.717, 1.165) is 83.8 Å². The fourth-order valence-electron chi connectivity index (χ4n) is 10.0. The number of imidazole rings is 2. The van der Waals surface area contributed by atoms with E-state index in [2.05, 4.69) is 69.1 Å². The maximum Gasteiger partial charge on any atom is 0.407 e. The van der Waals surface area contributed by atoms with Crippen molar-refractivity contribution in [3.05, 3.63) is 72.6 Å². The number of piperidine rings is 2. The standard InChI is InChI=1S/C44H54N8O6/c1-25(2)35(49-41(55)57-5)37(53)51-23-27-15-17-43(51,19-27)39-45-21-33(47-39)31-11-7-29(8-12-31)30-9-13-32(14-10-30)34-22-46-40(48-34)44-18-16-28(20-44)24-52(44)38(54)36(26(3)4)50-42(56)58-6/h7-14,21-22,25-28,35-36H,15-20,23-24H2,1-6H3,(H,45,47)(H,46,48)(H,49,55)(H,50,56)/t27-,28-,35+,36+,43+,44+/m1/s1. The van der Waals surface area contributed by atoms with Crippen LogP contribution in [0.1, 0.15) is 77.9 Å². The summed E-state index contributed by atoms with van der Waals surface area (Å²) >= 11 is 0. The average Bonchev–Trinajstić information content (AvgIpc) is 4.10. The van der Waals surface area contributed by atoms with Crippen LogP contribution in [0.3, 0.4) is 0 Å². The number of methoxy groups -OCH3 is 2. The second kappa shape index (κ2) is 15.3. The molecule has 4 amide bonds. The molecule has 0 unspecified atom stereocenters. The van der Waals surface area contributed by atoms with Crippen molar-refractivity contribution in [1.82, 2.24) is 40.4 Å². The van der Waals surface area contributed by atoms with Crippen LogP contribution in [0.2, 0.25) is 0 Å². The van der Waals surface area contributed by atoms with E-state index in [4.69, 9.17) is 19.4 Å². The number of fused-ring (bicyclic) bond motifs is 4. The Bertz CT molecular complexity index is 2030. The van der Waals surface area contributed by atoms with Crippen molar-refractivity contribution in [1.29, 1.82) is 0 Å². The predicted octanol–water partition coefficient (Wildman–Crippen LogP) is 6.57. The van der Waals surface area contributed by atoms with Gasteiger partial charge in [0.1, 0.15) is 34.8 Å². The number of hydrogen-bond acceptors (Lipinski definition) is 8. The summed E-state index contributed by atoms with van der Waals surface area (Å²) in [6.45, 7) is 8.99. The number of carbonyl (C=O) groups excluding carboxylic acids is 4. The zero-order valence-corrected chi connectivity index (χ0v) is 34.1. The molecule has 58 heavy (non-hydrogen) atoms. The van der Waals surface area contributed by atoms with E-state index in [9.17, 15) is 19.2 Å². The molecule has 2 aromatic heterocycles. The Balaban J connectivity index is 0.963. The van der Waals surface area contributed by atoms with Crippen LogP contribution in [-0.2, 0) is 30.1 Å². The minimum Gasteiger partial charge on any atom is -0.453 e. The number of H-pyrrole nitrogens is 2. The Hall–Kier alpha value is -5.66. The number of alkyl carbamates (subject to hydrolysis) is 2. The Morgan fingerprint density at radius 1 is 0.638 bits per heavy atom. The van der Waals surface area contributed by atoms with Gasteiger partial charge in [-0.05, 0) is 84.5 Å². The second-order valence-electron chi connectivity index (χ2n) is 17.3. The van der Waals surface area contributed by atoms with Crippen molar-refractivity contribution in [2.45, 2.75) is 89.4 Å². The average molecular weight is 791 g/mol. The topological polar surface area (TPSA) is 175 Å². The molecule has 6 atom stereocenters. The Morgan fingerprint density at radius 2 is 1.00 bits per heavy atom. The normalized spacial score (nSPS) is 24.3. The minimum atomic E-state index is -0.687. The molecule has 0 radical (unpaired) electrons. The molecule has 2 saturated heterocycles. The predicted molar refractivity (Wildman–Crippen MR) is 217 cm³/mol. The number of ether oxygens (including phenoxy) is 2. The first kappa shape index (κ1) is 39.2. The van der Waals surface area contributed by atoms with Crippen LogP contribution < -0.4 is 10.6 Å².